The Labute approximate surface area is 117 Å². The standard InChI is InChI=1S/C15H20F2N2O/c16-13-6-2-3-10(15(13)17)7-14(20)19-9-12-5-1-4-11(12)8-18/h2-3,6,11-12H,1,4-5,7-9,18H2,(H,19,20). The van der Waals surface area contributed by atoms with E-state index in [1.165, 1.54) is 12.1 Å². The average Bonchev–Trinajstić information content (AvgIpc) is 2.89. The molecular formula is C15H20F2N2O. The lowest BCUT2D eigenvalue weighted by Crippen LogP contribution is -2.33. The van der Waals surface area contributed by atoms with Crippen LogP contribution in [0, 0.1) is 23.5 Å². The molecule has 20 heavy (non-hydrogen) atoms. The fourth-order valence-electron chi connectivity index (χ4n) is 2.86. The first-order valence-corrected chi connectivity index (χ1v) is 7.01. The molecule has 1 aliphatic carbocycles. The summed E-state index contributed by atoms with van der Waals surface area (Å²) in [4.78, 5) is 11.8. The monoisotopic (exact) mass is 282 g/mol. The minimum atomic E-state index is -0.941. The number of hydrogen-bond acceptors (Lipinski definition) is 2. The molecule has 1 aromatic rings. The highest BCUT2D eigenvalue weighted by Gasteiger charge is 2.26. The Hall–Kier alpha value is -1.49. The molecule has 1 aliphatic rings. The molecule has 0 saturated heterocycles. The van der Waals surface area contributed by atoms with Crippen molar-refractivity contribution in [3.8, 4) is 0 Å². The summed E-state index contributed by atoms with van der Waals surface area (Å²) in [6, 6.07) is 3.87. The van der Waals surface area contributed by atoms with E-state index in [1.807, 2.05) is 0 Å². The van der Waals surface area contributed by atoms with Gasteiger partial charge in [0.25, 0.3) is 0 Å². The summed E-state index contributed by atoms with van der Waals surface area (Å²) in [5.41, 5.74) is 5.77. The van der Waals surface area contributed by atoms with Gasteiger partial charge in [-0.2, -0.15) is 0 Å². The molecule has 2 atom stereocenters. The van der Waals surface area contributed by atoms with E-state index in [9.17, 15) is 13.6 Å². The third kappa shape index (κ3) is 3.54. The number of amides is 1. The predicted octanol–water partition coefficient (Wildman–Crippen LogP) is 2.00. The lowest BCUT2D eigenvalue weighted by Gasteiger charge is -2.18. The number of carbonyl (C=O) groups excluding carboxylic acids is 1. The molecular weight excluding hydrogens is 262 g/mol. The minimum absolute atomic E-state index is 0.0873. The number of rotatable bonds is 5. The number of carbonyl (C=O) groups is 1. The zero-order valence-electron chi connectivity index (χ0n) is 11.4. The van der Waals surface area contributed by atoms with Crippen molar-refractivity contribution >= 4 is 5.91 Å². The molecule has 0 aromatic heterocycles. The number of halogens is 2. The van der Waals surface area contributed by atoms with Crippen molar-refractivity contribution in [3.05, 3.63) is 35.4 Å². The van der Waals surface area contributed by atoms with Crippen LogP contribution in [0.15, 0.2) is 18.2 Å². The van der Waals surface area contributed by atoms with Gasteiger partial charge in [-0.05, 0) is 37.3 Å². The molecule has 2 unspecified atom stereocenters. The fraction of sp³-hybridized carbons (Fsp3) is 0.533. The highest BCUT2D eigenvalue weighted by atomic mass is 19.2. The van der Waals surface area contributed by atoms with Gasteiger partial charge in [0.15, 0.2) is 11.6 Å². The molecule has 2 rings (SSSR count). The van der Waals surface area contributed by atoms with Gasteiger partial charge in [-0.15, -0.1) is 0 Å². The first-order chi connectivity index (χ1) is 9.61. The SMILES string of the molecule is NCC1CCCC1CNC(=O)Cc1cccc(F)c1F. The second kappa shape index (κ2) is 6.79. The van der Waals surface area contributed by atoms with Crippen molar-refractivity contribution in [1.82, 2.24) is 5.32 Å². The first kappa shape index (κ1) is 14.9. The van der Waals surface area contributed by atoms with Crippen molar-refractivity contribution in [2.24, 2.45) is 17.6 Å². The summed E-state index contributed by atoms with van der Waals surface area (Å²) >= 11 is 0. The van der Waals surface area contributed by atoms with Gasteiger partial charge in [0.2, 0.25) is 5.91 Å². The molecule has 0 radical (unpaired) electrons. The van der Waals surface area contributed by atoms with Gasteiger partial charge in [0.05, 0.1) is 6.42 Å². The summed E-state index contributed by atoms with van der Waals surface area (Å²) in [6.45, 7) is 1.21. The maximum Gasteiger partial charge on any atom is 0.224 e. The van der Waals surface area contributed by atoms with E-state index in [-0.39, 0.29) is 17.9 Å². The second-order valence-corrected chi connectivity index (χ2v) is 5.38. The summed E-state index contributed by atoms with van der Waals surface area (Å²) in [7, 11) is 0. The summed E-state index contributed by atoms with van der Waals surface area (Å²) in [5.74, 6) is -1.28. The van der Waals surface area contributed by atoms with Crippen LogP contribution in [-0.2, 0) is 11.2 Å². The fourth-order valence-corrected chi connectivity index (χ4v) is 2.86. The third-order valence-electron chi connectivity index (χ3n) is 4.06. The highest BCUT2D eigenvalue weighted by molar-refractivity contribution is 5.78. The molecule has 110 valence electrons. The Kier molecular flexibility index (Phi) is 5.06. The van der Waals surface area contributed by atoms with Gasteiger partial charge in [0.1, 0.15) is 0 Å². The maximum atomic E-state index is 13.4. The van der Waals surface area contributed by atoms with Crippen LogP contribution in [0.2, 0.25) is 0 Å². The first-order valence-electron chi connectivity index (χ1n) is 7.01. The van der Waals surface area contributed by atoms with E-state index < -0.39 is 11.6 Å². The highest BCUT2D eigenvalue weighted by Crippen LogP contribution is 2.30. The summed E-state index contributed by atoms with van der Waals surface area (Å²) in [6.07, 6.45) is 3.18. The normalized spacial score (nSPS) is 21.9. The molecule has 0 aliphatic heterocycles. The van der Waals surface area contributed by atoms with Gasteiger partial charge >= 0.3 is 0 Å². The predicted molar refractivity (Wildman–Crippen MR) is 73.0 cm³/mol. The Morgan fingerprint density at radius 3 is 2.80 bits per heavy atom. The van der Waals surface area contributed by atoms with E-state index in [0.717, 1.165) is 25.3 Å². The van der Waals surface area contributed by atoms with Crippen molar-refractivity contribution in [2.75, 3.05) is 13.1 Å². The molecule has 0 spiro atoms. The van der Waals surface area contributed by atoms with Gasteiger partial charge in [-0.25, -0.2) is 8.78 Å². The lowest BCUT2D eigenvalue weighted by molar-refractivity contribution is -0.120. The average molecular weight is 282 g/mol. The van der Waals surface area contributed by atoms with Crippen LogP contribution in [0.5, 0.6) is 0 Å². The van der Waals surface area contributed by atoms with Gasteiger partial charge in [-0.3, -0.25) is 4.79 Å². The summed E-state index contributed by atoms with van der Waals surface area (Å²) < 4.78 is 26.5. The van der Waals surface area contributed by atoms with E-state index in [0.29, 0.717) is 24.9 Å². The van der Waals surface area contributed by atoms with Gasteiger partial charge in [0, 0.05) is 12.1 Å². The number of nitrogens with two attached hydrogens (primary N) is 1. The molecule has 1 amide bonds. The Morgan fingerprint density at radius 1 is 1.30 bits per heavy atom. The van der Waals surface area contributed by atoms with Crippen LogP contribution >= 0.6 is 0 Å². The molecule has 3 nitrogen and oxygen atoms in total. The summed E-state index contributed by atoms with van der Waals surface area (Å²) in [5, 5.41) is 2.80. The zero-order valence-corrected chi connectivity index (χ0v) is 11.4. The maximum absolute atomic E-state index is 13.4. The Bertz CT molecular complexity index is 479. The molecule has 5 heteroatoms. The molecule has 3 N–H and O–H groups in total. The molecule has 0 heterocycles. The van der Waals surface area contributed by atoms with E-state index in [4.69, 9.17) is 5.73 Å². The second-order valence-electron chi connectivity index (χ2n) is 5.38. The van der Waals surface area contributed by atoms with Crippen LogP contribution in [0.25, 0.3) is 0 Å². The van der Waals surface area contributed by atoms with E-state index >= 15 is 0 Å². The third-order valence-corrected chi connectivity index (χ3v) is 4.06. The van der Waals surface area contributed by atoms with Crippen molar-refractivity contribution in [1.29, 1.82) is 0 Å². The quantitative estimate of drug-likeness (QED) is 0.868. The number of benzene rings is 1. The Morgan fingerprint density at radius 2 is 2.05 bits per heavy atom. The van der Waals surface area contributed by atoms with Gasteiger partial charge in [-0.1, -0.05) is 18.6 Å². The van der Waals surface area contributed by atoms with Crippen molar-refractivity contribution in [2.45, 2.75) is 25.7 Å². The zero-order chi connectivity index (χ0) is 14.5. The van der Waals surface area contributed by atoms with Gasteiger partial charge < -0.3 is 11.1 Å². The number of hydrogen-bond donors (Lipinski definition) is 2. The molecule has 0 bridgehead atoms. The van der Waals surface area contributed by atoms with Crippen LogP contribution in [-0.4, -0.2) is 19.0 Å². The number of nitrogens with one attached hydrogen (secondary N) is 1. The van der Waals surface area contributed by atoms with Crippen LogP contribution in [0.1, 0.15) is 24.8 Å². The Balaban J connectivity index is 1.85. The van der Waals surface area contributed by atoms with Crippen LogP contribution in [0.3, 0.4) is 0 Å². The molecule has 1 aromatic carbocycles. The van der Waals surface area contributed by atoms with Crippen LogP contribution in [0.4, 0.5) is 8.78 Å². The molecule has 1 fully saturated rings. The van der Waals surface area contributed by atoms with Crippen molar-refractivity contribution in [3.63, 3.8) is 0 Å². The minimum Gasteiger partial charge on any atom is -0.356 e. The smallest absolute Gasteiger partial charge is 0.224 e. The van der Waals surface area contributed by atoms with Crippen LogP contribution < -0.4 is 11.1 Å². The van der Waals surface area contributed by atoms with Crippen molar-refractivity contribution < 1.29 is 13.6 Å². The topological polar surface area (TPSA) is 55.1 Å². The van der Waals surface area contributed by atoms with E-state index in [2.05, 4.69) is 5.32 Å². The largest absolute Gasteiger partial charge is 0.356 e. The molecule has 1 saturated carbocycles. The lowest BCUT2D eigenvalue weighted by atomic mass is 9.96. The van der Waals surface area contributed by atoms with E-state index in [1.54, 1.807) is 0 Å².